The third-order valence-electron chi connectivity index (χ3n) is 2.35. The summed E-state index contributed by atoms with van der Waals surface area (Å²) in [4.78, 5) is 13.6. The molecule has 0 aliphatic rings. The van der Waals surface area contributed by atoms with Crippen molar-refractivity contribution in [3.63, 3.8) is 0 Å². The van der Waals surface area contributed by atoms with Crippen molar-refractivity contribution in [1.82, 2.24) is 4.90 Å². The molecule has 0 bridgehead atoms. The largest absolute Gasteiger partial charge is 0.372 e. The van der Waals surface area contributed by atoms with E-state index in [1.165, 1.54) is 0 Å². The van der Waals surface area contributed by atoms with Gasteiger partial charge in [0.2, 0.25) is 5.91 Å². The molecule has 0 aliphatic heterocycles. The molecule has 15 heavy (non-hydrogen) atoms. The van der Waals surface area contributed by atoms with Crippen LogP contribution in [0.5, 0.6) is 0 Å². The van der Waals surface area contributed by atoms with Crippen molar-refractivity contribution < 1.29 is 9.53 Å². The van der Waals surface area contributed by atoms with E-state index in [2.05, 4.69) is 13.8 Å². The molecular formula is C12H25NO2. The lowest BCUT2D eigenvalue weighted by atomic mass is 10.2. The molecule has 0 atom stereocenters. The van der Waals surface area contributed by atoms with Crippen molar-refractivity contribution in [2.75, 3.05) is 26.3 Å². The number of nitrogens with zero attached hydrogens (tertiary/aromatic N) is 1. The Labute approximate surface area is 93.8 Å². The van der Waals surface area contributed by atoms with E-state index in [1.807, 2.05) is 11.8 Å². The van der Waals surface area contributed by atoms with Gasteiger partial charge in [0.05, 0.1) is 0 Å². The molecule has 1 amide bonds. The van der Waals surface area contributed by atoms with Crippen LogP contribution in [-0.4, -0.2) is 37.1 Å². The average Bonchev–Trinajstić information content (AvgIpc) is 2.26. The minimum atomic E-state index is 0.138. The molecule has 0 aromatic carbocycles. The Morgan fingerprint density at radius 1 is 1.07 bits per heavy atom. The minimum Gasteiger partial charge on any atom is -0.372 e. The summed E-state index contributed by atoms with van der Waals surface area (Å²) in [7, 11) is 0. The van der Waals surface area contributed by atoms with E-state index in [1.54, 1.807) is 0 Å². The molecular weight excluding hydrogens is 190 g/mol. The molecule has 3 heteroatoms. The van der Waals surface area contributed by atoms with E-state index < -0.39 is 0 Å². The maximum Gasteiger partial charge on any atom is 0.248 e. The Morgan fingerprint density at radius 3 is 2.00 bits per heavy atom. The van der Waals surface area contributed by atoms with Gasteiger partial charge in [-0.15, -0.1) is 0 Å². The fourth-order valence-corrected chi connectivity index (χ4v) is 1.34. The number of hydrogen-bond acceptors (Lipinski definition) is 2. The van der Waals surface area contributed by atoms with Gasteiger partial charge in [0.25, 0.3) is 0 Å². The van der Waals surface area contributed by atoms with Crippen LogP contribution in [0.25, 0.3) is 0 Å². The molecule has 0 rings (SSSR count). The number of unbranched alkanes of at least 4 members (excludes halogenated alkanes) is 2. The molecule has 0 aromatic rings. The second-order valence-corrected chi connectivity index (χ2v) is 3.73. The Bertz CT molecular complexity index is 152. The van der Waals surface area contributed by atoms with Crippen LogP contribution in [0.15, 0.2) is 0 Å². The molecule has 90 valence electrons. The van der Waals surface area contributed by atoms with E-state index in [0.29, 0.717) is 6.61 Å². The first-order valence-electron chi connectivity index (χ1n) is 6.11. The second kappa shape index (κ2) is 9.97. The summed E-state index contributed by atoms with van der Waals surface area (Å²) in [6, 6.07) is 0. The Morgan fingerprint density at radius 2 is 1.60 bits per heavy atom. The number of carbonyl (C=O) groups is 1. The first-order chi connectivity index (χ1) is 7.26. The number of amides is 1. The van der Waals surface area contributed by atoms with E-state index in [4.69, 9.17) is 4.74 Å². The molecule has 0 spiro atoms. The second-order valence-electron chi connectivity index (χ2n) is 3.73. The topological polar surface area (TPSA) is 29.5 Å². The zero-order valence-electron chi connectivity index (χ0n) is 10.4. The molecule has 0 saturated carbocycles. The highest BCUT2D eigenvalue weighted by Crippen LogP contribution is 2.00. The lowest BCUT2D eigenvalue weighted by molar-refractivity contribution is -0.136. The molecule has 0 N–H and O–H groups in total. The Balaban J connectivity index is 3.90. The predicted molar refractivity (Wildman–Crippen MR) is 62.9 cm³/mol. The molecule has 3 nitrogen and oxygen atoms in total. The number of rotatable bonds is 9. The highest BCUT2D eigenvalue weighted by atomic mass is 16.5. The number of hydrogen-bond donors (Lipinski definition) is 0. The van der Waals surface area contributed by atoms with Gasteiger partial charge in [0.1, 0.15) is 6.61 Å². The van der Waals surface area contributed by atoms with Gasteiger partial charge in [-0.05, 0) is 19.8 Å². The molecule has 0 unspecified atom stereocenters. The van der Waals surface area contributed by atoms with Crippen molar-refractivity contribution in [3.8, 4) is 0 Å². The fourth-order valence-electron chi connectivity index (χ4n) is 1.34. The SMILES string of the molecule is CCCCN(CCCC)C(=O)COCC. The van der Waals surface area contributed by atoms with Crippen LogP contribution in [0.4, 0.5) is 0 Å². The van der Waals surface area contributed by atoms with E-state index in [9.17, 15) is 4.79 Å². The lowest BCUT2D eigenvalue weighted by Crippen LogP contribution is -2.35. The van der Waals surface area contributed by atoms with Crippen LogP contribution in [0.2, 0.25) is 0 Å². The predicted octanol–water partition coefficient (Wildman–Crippen LogP) is 2.45. The molecule has 0 aliphatic carbocycles. The lowest BCUT2D eigenvalue weighted by Gasteiger charge is -2.22. The van der Waals surface area contributed by atoms with Gasteiger partial charge >= 0.3 is 0 Å². The van der Waals surface area contributed by atoms with Gasteiger partial charge in [0, 0.05) is 19.7 Å². The minimum absolute atomic E-state index is 0.138. The quantitative estimate of drug-likeness (QED) is 0.591. The van der Waals surface area contributed by atoms with Crippen LogP contribution in [0, 0.1) is 0 Å². The molecule has 0 aromatic heterocycles. The van der Waals surface area contributed by atoms with Gasteiger partial charge in [-0.3, -0.25) is 4.79 Å². The highest BCUT2D eigenvalue weighted by molar-refractivity contribution is 5.77. The first-order valence-corrected chi connectivity index (χ1v) is 6.11. The first kappa shape index (κ1) is 14.4. The molecule has 0 heterocycles. The molecule has 0 radical (unpaired) electrons. The third kappa shape index (κ3) is 7.37. The van der Waals surface area contributed by atoms with Crippen molar-refractivity contribution >= 4 is 5.91 Å². The maximum atomic E-state index is 11.7. The number of carbonyl (C=O) groups excluding carboxylic acids is 1. The van der Waals surface area contributed by atoms with Crippen molar-refractivity contribution in [2.24, 2.45) is 0 Å². The van der Waals surface area contributed by atoms with Gasteiger partial charge in [-0.2, -0.15) is 0 Å². The van der Waals surface area contributed by atoms with E-state index >= 15 is 0 Å². The van der Waals surface area contributed by atoms with Crippen molar-refractivity contribution in [3.05, 3.63) is 0 Å². The average molecular weight is 215 g/mol. The van der Waals surface area contributed by atoms with Crippen LogP contribution >= 0.6 is 0 Å². The zero-order chi connectivity index (χ0) is 11.5. The van der Waals surface area contributed by atoms with Gasteiger partial charge in [-0.1, -0.05) is 26.7 Å². The summed E-state index contributed by atoms with van der Waals surface area (Å²) in [6.45, 7) is 8.81. The van der Waals surface area contributed by atoms with E-state index in [-0.39, 0.29) is 12.5 Å². The van der Waals surface area contributed by atoms with Crippen LogP contribution < -0.4 is 0 Å². The summed E-state index contributed by atoms with van der Waals surface area (Å²) in [5.41, 5.74) is 0. The van der Waals surface area contributed by atoms with Gasteiger partial charge in [0.15, 0.2) is 0 Å². The van der Waals surface area contributed by atoms with Crippen molar-refractivity contribution in [2.45, 2.75) is 46.5 Å². The standard InChI is InChI=1S/C12H25NO2/c1-4-7-9-13(10-8-5-2)12(14)11-15-6-3/h4-11H2,1-3H3. The summed E-state index contributed by atoms with van der Waals surface area (Å²) >= 11 is 0. The van der Waals surface area contributed by atoms with Crippen molar-refractivity contribution in [1.29, 1.82) is 0 Å². The third-order valence-corrected chi connectivity index (χ3v) is 2.35. The van der Waals surface area contributed by atoms with Crippen LogP contribution in [-0.2, 0) is 9.53 Å². The normalized spacial score (nSPS) is 10.3. The fraction of sp³-hybridized carbons (Fsp3) is 0.917. The summed E-state index contributed by atoms with van der Waals surface area (Å²) in [6.07, 6.45) is 4.43. The molecule has 0 saturated heterocycles. The zero-order valence-corrected chi connectivity index (χ0v) is 10.4. The number of ether oxygens (including phenoxy) is 1. The maximum absolute atomic E-state index is 11.7. The smallest absolute Gasteiger partial charge is 0.248 e. The van der Waals surface area contributed by atoms with Gasteiger partial charge in [-0.25, -0.2) is 0 Å². The monoisotopic (exact) mass is 215 g/mol. The Hall–Kier alpha value is -0.570. The van der Waals surface area contributed by atoms with Gasteiger partial charge < -0.3 is 9.64 Å². The summed E-state index contributed by atoms with van der Waals surface area (Å²) in [5.74, 6) is 0.138. The molecule has 0 fully saturated rings. The summed E-state index contributed by atoms with van der Waals surface area (Å²) < 4.78 is 5.14. The van der Waals surface area contributed by atoms with Crippen LogP contribution in [0.1, 0.15) is 46.5 Å². The Kier molecular flexibility index (Phi) is 9.59. The highest BCUT2D eigenvalue weighted by Gasteiger charge is 2.11. The van der Waals surface area contributed by atoms with E-state index in [0.717, 1.165) is 38.8 Å². The van der Waals surface area contributed by atoms with Crippen LogP contribution in [0.3, 0.4) is 0 Å². The summed E-state index contributed by atoms with van der Waals surface area (Å²) in [5, 5.41) is 0.